The molecular formula is C25H32N2O4. The van der Waals surface area contributed by atoms with Gasteiger partial charge in [0.1, 0.15) is 5.78 Å². The van der Waals surface area contributed by atoms with Crippen molar-refractivity contribution in [2.24, 2.45) is 5.73 Å². The van der Waals surface area contributed by atoms with Crippen molar-refractivity contribution in [3.8, 4) is 11.5 Å². The molecule has 1 aliphatic carbocycles. The molecule has 0 radical (unpaired) electrons. The normalized spacial score (nSPS) is 20.1. The number of phenolic OH excluding ortho intramolecular Hbond substituents is 1. The van der Waals surface area contributed by atoms with Crippen molar-refractivity contribution in [2.45, 2.75) is 64.0 Å². The van der Waals surface area contributed by atoms with Crippen LogP contribution in [0.15, 0.2) is 41.6 Å². The molecule has 1 aromatic carbocycles. The molecule has 6 nitrogen and oxygen atoms in total. The minimum Gasteiger partial charge on any atom is -0.504 e. The number of carbonyl (C=O) groups is 2. The monoisotopic (exact) mass is 424 g/mol. The molecule has 6 heteroatoms. The van der Waals surface area contributed by atoms with Gasteiger partial charge < -0.3 is 20.9 Å². The number of hydrogen-bond donors (Lipinski definition) is 3. The largest absolute Gasteiger partial charge is 0.504 e. The molecule has 1 heterocycles. The molecule has 0 amide bonds. The number of Topliss-reactive ketones (excluding diaryl/α,β-unsaturated/α-hetero) is 2. The predicted molar refractivity (Wildman–Crippen MR) is 122 cm³/mol. The van der Waals surface area contributed by atoms with Crippen LogP contribution in [0, 0.1) is 0 Å². The quantitative estimate of drug-likeness (QED) is 0.408. The highest BCUT2D eigenvalue weighted by Gasteiger charge is 2.27. The average molecular weight is 425 g/mol. The van der Waals surface area contributed by atoms with E-state index in [0.29, 0.717) is 30.6 Å². The van der Waals surface area contributed by atoms with Gasteiger partial charge in [0.2, 0.25) is 0 Å². The van der Waals surface area contributed by atoms with E-state index in [-0.39, 0.29) is 35.8 Å². The number of phenols is 1. The fourth-order valence-corrected chi connectivity index (χ4v) is 4.15. The number of benzene rings is 1. The fraction of sp³-hybridized carbons (Fsp3) is 0.440. The van der Waals surface area contributed by atoms with E-state index in [1.54, 1.807) is 12.1 Å². The summed E-state index contributed by atoms with van der Waals surface area (Å²) in [6, 6.07) is 3.47. The molecular weight excluding hydrogens is 392 g/mol. The molecule has 31 heavy (non-hydrogen) atoms. The number of rotatable bonds is 9. The number of hydrogen-bond acceptors (Lipinski definition) is 6. The maximum Gasteiger partial charge on any atom is 0.166 e. The van der Waals surface area contributed by atoms with Crippen molar-refractivity contribution in [1.82, 2.24) is 5.32 Å². The van der Waals surface area contributed by atoms with Gasteiger partial charge >= 0.3 is 0 Å². The molecule has 0 bridgehead atoms. The third-order valence-corrected chi connectivity index (χ3v) is 5.91. The van der Waals surface area contributed by atoms with Crippen LogP contribution in [0.25, 0.3) is 6.08 Å². The number of aromatic hydroxyl groups is 1. The lowest BCUT2D eigenvalue weighted by Crippen LogP contribution is -2.33. The summed E-state index contributed by atoms with van der Waals surface area (Å²) in [6.07, 6.45) is 11.9. The van der Waals surface area contributed by atoms with Crippen molar-refractivity contribution in [1.29, 1.82) is 0 Å². The second kappa shape index (κ2) is 10.4. The number of methoxy groups -OCH3 is 1. The molecule has 2 aliphatic rings. The van der Waals surface area contributed by atoms with E-state index in [4.69, 9.17) is 10.5 Å². The van der Waals surface area contributed by atoms with Gasteiger partial charge in [-0.15, -0.1) is 0 Å². The lowest BCUT2D eigenvalue weighted by atomic mass is 9.85. The Labute approximate surface area is 183 Å². The van der Waals surface area contributed by atoms with Crippen LogP contribution in [0.5, 0.6) is 11.5 Å². The van der Waals surface area contributed by atoms with E-state index in [2.05, 4.69) is 12.2 Å². The Morgan fingerprint density at radius 2 is 2.10 bits per heavy atom. The lowest BCUT2D eigenvalue weighted by Gasteiger charge is -2.23. The number of unbranched alkanes of at least 4 members (excludes halogenated alkanes) is 2. The van der Waals surface area contributed by atoms with E-state index in [9.17, 15) is 14.7 Å². The summed E-state index contributed by atoms with van der Waals surface area (Å²) >= 11 is 0. The van der Waals surface area contributed by atoms with Crippen LogP contribution < -0.4 is 15.8 Å². The van der Waals surface area contributed by atoms with Crippen LogP contribution >= 0.6 is 0 Å². The SMILES string of the molecule is CCCCCC(=O)CC(=O)C1=Cc2cc(OC)c(O)cc2C(C2=CNC(N)C=C2)CC1. The summed E-state index contributed by atoms with van der Waals surface area (Å²) in [6.45, 7) is 2.09. The summed E-state index contributed by atoms with van der Waals surface area (Å²) in [7, 11) is 1.50. The fourth-order valence-electron chi connectivity index (χ4n) is 4.15. The minimum absolute atomic E-state index is 0.000216. The van der Waals surface area contributed by atoms with Gasteiger partial charge in [-0.25, -0.2) is 0 Å². The van der Waals surface area contributed by atoms with Gasteiger partial charge in [0.25, 0.3) is 0 Å². The van der Waals surface area contributed by atoms with Crippen LogP contribution in [0.4, 0.5) is 0 Å². The first-order chi connectivity index (χ1) is 14.9. The average Bonchev–Trinajstić information content (AvgIpc) is 2.93. The molecule has 166 valence electrons. The third-order valence-electron chi connectivity index (χ3n) is 5.91. The molecule has 0 saturated carbocycles. The second-order valence-electron chi connectivity index (χ2n) is 8.21. The van der Waals surface area contributed by atoms with Crippen molar-refractivity contribution >= 4 is 17.6 Å². The van der Waals surface area contributed by atoms with Crippen molar-refractivity contribution in [3.63, 3.8) is 0 Å². The van der Waals surface area contributed by atoms with Crippen LogP contribution in [0.1, 0.15) is 68.9 Å². The van der Waals surface area contributed by atoms with E-state index < -0.39 is 0 Å². The first-order valence-corrected chi connectivity index (χ1v) is 11.0. The van der Waals surface area contributed by atoms with Gasteiger partial charge in [-0.3, -0.25) is 9.59 Å². The molecule has 2 unspecified atom stereocenters. The number of nitrogens with two attached hydrogens (primary N) is 1. The highest BCUT2D eigenvalue weighted by molar-refractivity contribution is 6.09. The van der Waals surface area contributed by atoms with Crippen molar-refractivity contribution in [2.75, 3.05) is 7.11 Å². The summed E-state index contributed by atoms with van der Waals surface area (Å²) in [5.74, 6) is 0.273. The lowest BCUT2D eigenvalue weighted by molar-refractivity contribution is -0.125. The number of dihydropyridines is 1. The number of allylic oxidation sites excluding steroid dienone is 3. The Morgan fingerprint density at radius 3 is 2.77 bits per heavy atom. The zero-order chi connectivity index (χ0) is 22.4. The summed E-state index contributed by atoms with van der Waals surface area (Å²) in [5.41, 5.74) is 9.30. The number of nitrogens with one attached hydrogen (secondary N) is 1. The molecule has 1 aliphatic heterocycles. The van der Waals surface area contributed by atoms with E-state index in [1.807, 2.05) is 24.4 Å². The molecule has 0 aromatic heterocycles. The minimum atomic E-state index is -0.229. The van der Waals surface area contributed by atoms with Crippen LogP contribution in [0.2, 0.25) is 0 Å². The van der Waals surface area contributed by atoms with Gasteiger partial charge in [0, 0.05) is 18.5 Å². The standard InChI is InChI=1S/C25H32N2O4/c1-3-4-5-6-19(28)13-22(29)16-7-9-20(17-8-10-25(26)27-15-17)21-14-23(30)24(31-2)12-18(21)11-16/h8,10-12,14-15,20,25,27,30H,3-7,9,13,26H2,1-2H3. The molecule has 2 atom stereocenters. The summed E-state index contributed by atoms with van der Waals surface area (Å²) in [5, 5.41) is 13.5. The summed E-state index contributed by atoms with van der Waals surface area (Å²) < 4.78 is 5.29. The number of ketones is 2. The highest BCUT2D eigenvalue weighted by atomic mass is 16.5. The van der Waals surface area contributed by atoms with Gasteiger partial charge in [0.05, 0.1) is 19.7 Å². The Kier molecular flexibility index (Phi) is 7.69. The summed E-state index contributed by atoms with van der Waals surface area (Å²) in [4.78, 5) is 25.2. The van der Waals surface area contributed by atoms with Crippen LogP contribution in [-0.4, -0.2) is 29.9 Å². The molecule has 0 spiro atoms. The molecule has 1 aromatic rings. The Balaban J connectivity index is 1.88. The Hall–Kier alpha value is -2.86. The van der Waals surface area contributed by atoms with Crippen LogP contribution in [-0.2, 0) is 9.59 Å². The van der Waals surface area contributed by atoms with E-state index >= 15 is 0 Å². The van der Waals surface area contributed by atoms with Gasteiger partial charge in [-0.2, -0.15) is 0 Å². The van der Waals surface area contributed by atoms with E-state index in [1.165, 1.54) is 7.11 Å². The molecule has 3 rings (SSSR count). The van der Waals surface area contributed by atoms with E-state index in [0.717, 1.165) is 36.0 Å². The van der Waals surface area contributed by atoms with Crippen molar-refractivity contribution < 1.29 is 19.4 Å². The van der Waals surface area contributed by atoms with Crippen LogP contribution in [0.3, 0.4) is 0 Å². The molecule has 0 fully saturated rings. The number of carbonyl (C=O) groups excluding carboxylic acids is 2. The Bertz CT molecular complexity index is 930. The Morgan fingerprint density at radius 1 is 1.29 bits per heavy atom. The maximum absolute atomic E-state index is 12.9. The predicted octanol–water partition coefficient (Wildman–Crippen LogP) is 4.10. The number of fused-ring (bicyclic) bond motifs is 1. The van der Waals surface area contributed by atoms with Gasteiger partial charge in [-0.05, 0) is 65.8 Å². The van der Waals surface area contributed by atoms with Gasteiger partial charge in [0.15, 0.2) is 17.3 Å². The second-order valence-corrected chi connectivity index (χ2v) is 8.21. The first kappa shape index (κ1) is 22.8. The van der Waals surface area contributed by atoms with Gasteiger partial charge in [-0.1, -0.05) is 25.8 Å². The number of ether oxygens (including phenoxy) is 1. The molecule has 4 N–H and O–H groups in total. The maximum atomic E-state index is 12.9. The first-order valence-electron chi connectivity index (χ1n) is 11.0. The zero-order valence-corrected chi connectivity index (χ0v) is 18.3. The third kappa shape index (κ3) is 5.64. The smallest absolute Gasteiger partial charge is 0.166 e. The molecule has 0 saturated heterocycles. The van der Waals surface area contributed by atoms with Crippen molar-refractivity contribution in [3.05, 3.63) is 52.8 Å². The zero-order valence-electron chi connectivity index (χ0n) is 18.3. The topological polar surface area (TPSA) is 102 Å². The highest BCUT2D eigenvalue weighted by Crippen LogP contribution is 2.42.